The fourth-order valence-corrected chi connectivity index (χ4v) is 2.65. The van der Waals surface area contributed by atoms with Gasteiger partial charge in [-0.05, 0) is 38.1 Å². The molecule has 1 N–H and O–H groups in total. The number of carbonyl (C=O) groups is 1. The van der Waals surface area contributed by atoms with Gasteiger partial charge in [0.15, 0.2) is 7.85 Å². The van der Waals surface area contributed by atoms with Crippen LogP contribution in [0.4, 0.5) is 4.39 Å². The van der Waals surface area contributed by atoms with Gasteiger partial charge in [0, 0.05) is 31.0 Å². The molecular formula is C18H23BFN3O2. The lowest BCUT2D eigenvalue weighted by atomic mass is 9.89. The van der Waals surface area contributed by atoms with Gasteiger partial charge in [-0.2, -0.15) is 0 Å². The molecule has 2 rings (SSSR count). The summed E-state index contributed by atoms with van der Waals surface area (Å²) in [5.41, 5.74) is 1.82. The van der Waals surface area contributed by atoms with E-state index < -0.39 is 5.68 Å². The van der Waals surface area contributed by atoms with Crippen molar-refractivity contribution in [3.05, 3.63) is 46.9 Å². The summed E-state index contributed by atoms with van der Waals surface area (Å²) < 4.78 is 18.6. The third-order valence-corrected chi connectivity index (χ3v) is 4.06. The molecule has 1 aromatic rings. The number of aliphatic imine (C=N–C) groups is 1. The number of ether oxygens (including phenoxy) is 1. The Balaban J connectivity index is 2.11. The lowest BCUT2D eigenvalue weighted by Crippen LogP contribution is -2.35. The first-order valence-corrected chi connectivity index (χ1v) is 8.33. The molecule has 0 bridgehead atoms. The molecule has 25 heavy (non-hydrogen) atoms. The first kappa shape index (κ1) is 19.3. The Hall–Kier alpha value is -1.99. The molecule has 0 aliphatic carbocycles. The highest BCUT2D eigenvalue weighted by Crippen LogP contribution is 2.19. The normalized spacial score (nSPS) is 17.1. The number of nitrogens with one attached hydrogen (secondary N) is 1. The van der Waals surface area contributed by atoms with E-state index in [1.54, 1.807) is 18.5 Å². The van der Waals surface area contributed by atoms with E-state index in [-0.39, 0.29) is 11.9 Å². The Morgan fingerprint density at radius 3 is 2.84 bits per heavy atom. The van der Waals surface area contributed by atoms with Crippen LogP contribution in [0.25, 0.3) is 0 Å². The number of likely N-dealkylation sites (N-methyl/N-ethyl adjacent to an activating group) is 1. The van der Waals surface area contributed by atoms with Gasteiger partial charge < -0.3 is 19.7 Å². The van der Waals surface area contributed by atoms with E-state index in [1.165, 1.54) is 12.1 Å². The number of carbonyl (C=O) groups excluding carboxylic acids is 1. The fraction of sp³-hybridized carbons (Fsp3) is 0.444. The number of hydrogen-bond acceptors (Lipinski definition) is 4. The minimum Gasteiger partial charge on any atom is -0.379 e. The molecule has 2 radical (unpaired) electrons. The molecule has 1 aliphatic heterocycles. The van der Waals surface area contributed by atoms with Crippen LogP contribution >= 0.6 is 0 Å². The fourth-order valence-electron chi connectivity index (χ4n) is 2.65. The highest BCUT2D eigenvalue weighted by Gasteiger charge is 2.18. The predicted octanol–water partition coefficient (Wildman–Crippen LogP) is 1.81. The molecule has 1 unspecified atom stereocenters. The second-order valence-corrected chi connectivity index (χ2v) is 5.96. The van der Waals surface area contributed by atoms with Gasteiger partial charge in [-0.3, -0.25) is 4.99 Å². The van der Waals surface area contributed by atoms with Crippen LogP contribution in [0.5, 0.6) is 0 Å². The first-order chi connectivity index (χ1) is 12.0. The molecule has 0 aromatic heterocycles. The van der Waals surface area contributed by atoms with Crippen molar-refractivity contribution in [1.82, 2.24) is 10.2 Å². The smallest absolute Gasteiger partial charge is 0.174 e. The van der Waals surface area contributed by atoms with E-state index in [0.717, 1.165) is 17.8 Å². The zero-order chi connectivity index (χ0) is 18.2. The Morgan fingerprint density at radius 1 is 1.48 bits per heavy atom. The molecule has 0 saturated carbocycles. The highest BCUT2D eigenvalue weighted by atomic mass is 19.1. The molecular weight excluding hydrogens is 320 g/mol. The topological polar surface area (TPSA) is 53.9 Å². The van der Waals surface area contributed by atoms with Crippen molar-refractivity contribution >= 4 is 19.9 Å². The quantitative estimate of drug-likeness (QED) is 0.444. The van der Waals surface area contributed by atoms with Gasteiger partial charge in [0.25, 0.3) is 0 Å². The van der Waals surface area contributed by atoms with Crippen LogP contribution in [0.1, 0.15) is 24.9 Å². The van der Waals surface area contributed by atoms with Crippen LogP contribution < -0.4 is 5.32 Å². The van der Waals surface area contributed by atoms with Crippen LogP contribution in [0, 0.1) is 5.82 Å². The Morgan fingerprint density at radius 2 is 2.20 bits per heavy atom. The number of nitrogens with zero attached hydrogens (tertiary/aromatic N) is 2. The minimum absolute atomic E-state index is 0.257. The predicted molar refractivity (Wildman–Crippen MR) is 97.2 cm³/mol. The monoisotopic (exact) mass is 343 g/mol. The highest BCUT2D eigenvalue weighted by molar-refractivity contribution is 6.62. The van der Waals surface area contributed by atoms with Crippen LogP contribution in [0.3, 0.4) is 0 Å². The van der Waals surface area contributed by atoms with Crippen molar-refractivity contribution in [2.75, 3.05) is 33.4 Å². The van der Waals surface area contributed by atoms with Crippen LogP contribution in [0.15, 0.2) is 40.5 Å². The van der Waals surface area contributed by atoms with Gasteiger partial charge in [0.2, 0.25) is 0 Å². The maximum atomic E-state index is 13.1. The third kappa shape index (κ3) is 5.79. The maximum Gasteiger partial charge on any atom is 0.174 e. The van der Waals surface area contributed by atoms with E-state index >= 15 is 0 Å². The molecule has 0 spiro atoms. The van der Waals surface area contributed by atoms with Gasteiger partial charge in [-0.15, -0.1) is 0 Å². The molecule has 0 fully saturated rings. The van der Waals surface area contributed by atoms with Crippen LogP contribution in [-0.4, -0.2) is 58.1 Å². The third-order valence-electron chi connectivity index (χ3n) is 4.06. The summed E-state index contributed by atoms with van der Waals surface area (Å²) in [6.07, 6.45) is 2.17. The molecule has 5 nitrogen and oxygen atoms in total. The largest absolute Gasteiger partial charge is 0.379 e. The van der Waals surface area contributed by atoms with Gasteiger partial charge in [-0.25, -0.2) is 4.39 Å². The van der Waals surface area contributed by atoms with Gasteiger partial charge in [-0.1, -0.05) is 12.1 Å². The first-order valence-electron chi connectivity index (χ1n) is 8.33. The summed E-state index contributed by atoms with van der Waals surface area (Å²) in [4.78, 5) is 18.2. The van der Waals surface area contributed by atoms with E-state index in [2.05, 4.69) is 15.2 Å². The van der Waals surface area contributed by atoms with Gasteiger partial charge in [0.1, 0.15) is 11.5 Å². The lowest BCUT2D eigenvalue weighted by Gasteiger charge is -2.26. The Labute approximate surface area is 149 Å². The second-order valence-electron chi connectivity index (χ2n) is 5.96. The maximum absolute atomic E-state index is 13.1. The van der Waals surface area contributed by atoms with Crippen molar-refractivity contribution in [2.24, 2.45) is 4.99 Å². The van der Waals surface area contributed by atoms with Crippen molar-refractivity contribution in [1.29, 1.82) is 0 Å². The summed E-state index contributed by atoms with van der Waals surface area (Å²) in [7, 11) is 7.43. The zero-order valence-corrected chi connectivity index (χ0v) is 14.7. The van der Waals surface area contributed by atoms with Gasteiger partial charge >= 0.3 is 0 Å². The van der Waals surface area contributed by atoms with E-state index in [0.29, 0.717) is 31.8 Å². The Bertz CT molecular complexity index is 646. The van der Waals surface area contributed by atoms with Crippen LogP contribution in [-0.2, 0) is 9.53 Å². The molecule has 1 atom stereocenters. The number of hydrogen-bond donors (Lipinski definition) is 1. The lowest BCUT2D eigenvalue weighted by molar-refractivity contribution is -0.108. The number of halogens is 1. The average molecular weight is 343 g/mol. The minimum atomic E-state index is -0.409. The summed E-state index contributed by atoms with van der Waals surface area (Å²) in [6.45, 7) is 4.27. The van der Waals surface area contributed by atoms with Crippen LogP contribution in [0.2, 0.25) is 0 Å². The standard InChI is InChI=1S/C18H23BFN3O2/c1-3-25-11-17(13-4-6-14(20)7-5-13)22-12-21-16-10-23(2)9-8-15(16)18(19)24/h4-7,12,17H,3,8-11H2,1-2H3,(H,21,22). The molecule has 7 heteroatoms. The molecule has 0 saturated heterocycles. The van der Waals surface area contributed by atoms with Gasteiger partial charge in [0.05, 0.1) is 19.0 Å². The molecule has 1 heterocycles. The van der Waals surface area contributed by atoms with E-state index in [1.807, 2.05) is 14.0 Å². The average Bonchev–Trinajstić information content (AvgIpc) is 2.58. The number of rotatable bonds is 8. The van der Waals surface area contributed by atoms with E-state index in [4.69, 9.17) is 12.6 Å². The van der Waals surface area contributed by atoms with Crippen molar-refractivity contribution in [3.8, 4) is 0 Å². The Kier molecular flexibility index (Phi) is 7.34. The summed E-state index contributed by atoms with van der Waals surface area (Å²) >= 11 is 0. The molecule has 1 aliphatic rings. The SMILES string of the molecule is [B]C(=O)C1=C(NC=NC(COCC)c2ccc(F)cc2)CN(C)CC1. The summed E-state index contributed by atoms with van der Waals surface area (Å²) in [5.74, 6) is -0.289. The van der Waals surface area contributed by atoms with Crippen molar-refractivity contribution in [3.63, 3.8) is 0 Å². The molecule has 132 valence electrons. The second kappa shape index (κ2) is 9.49. The zero-order valence-electron chi connectivity index (χ0n) is 14.7. The summed E-state index contributed by atoms with van der Waals surface area (Å²) in [5, 5.41) is 3.09. The summed E-state index contributed by atoms with van der Waals surface area (Å²) in [6, 6.07) is 5.94. The van der Waals surface area contributed by atoms with Crippen molar-refractivity contribution < 1.29 is 13.9 Å². The molecule has 1 aromatic carbocycles. The van der Waals surface area contributed by atoms with E-state index in [9.17, 15) is 9.18 Å². The van der Waals surface area contributed by atoms with Crippen molar-refractivity contribution in [2.45, 2.75) is 19.4 Å². The molecule has 0 amide bonds. The number of benzene rings is 1.